The minimum atomic E-state index is -0.220. The summed E-state index contributed by atoms with van der Waals surface area (Å²) in [5, 5.41) is 13.6. The van der Waals surface area contributed by atoms with Gasteiger partial charge in [-0.05, 0) is 56.4 Å². The Bertz CT molecular complexity index is 766. The molecule has 0 aliphatic heterocycles. The number of nitrogens with one attached hydrogen (secondary N) is 1. The molecule has 0 saturated heterocycles. The molecule has 0 aromatic heterocycles. The van der Waals surface area contributed by atoms with Crippen LogP contribution in [0.5, 0.6) is 5.75 Å². The lowest BCUT2D eigenvalue weighted by molar-refractivity contribution is 0.0941. The van der Waals surface area contributed by atoms with Crippen LogP contribution in [0.4, 0.5) is 0 Å². The van der Waals surface area contributed by atoms with E-state index in [2.05, 4.69) is 5.32 Å². The third-order valence-electron chi connectivity index (χ3n) is 3.90. The first-order valence-electron chi connectivity index (χ1n) is 7.65. The molecule has 134 valence electrons. The number of likely N-dealkylation sites (N-methyl/N-ethyl adjacent to an activating group) is 1. The van der Waals surface area contributed by atoms with E-state index in [1.54, 1.807) is 30.3 Å². The third kappa shape index (κ3) is 5.51. The zero-order chi connectivity index (χ0) is 18.6. The highest BCUT2D eigenvalue weighted by molar-refractivity contribution is 6.42. The van der Waals surface area contributed by atoms with Crippen LogP contribution in [0.2, 0.25) is 15.1 Å². The summed E-state index contributed by atoms with van der Waals surface area (Å²) in [6.45, 7) is 0.434. The van der Waals surface area contributed by atoms with Crippen LogP contribution >= 0.6 is 34.8 Å². The second kappa shape index (κ2) is 8.77. The predicted octanol–water partition coefficient (Wildman–Crippen LogP) is 4.26. The Morgan fingerprint density at radius 2 is 1.80 bits per heavy atom. The Morgan fingerprint density at radius 1 is 1.08 bits per heavy atom. The van der Waals surface area contributed by atoms with Gasteiger partial charge in [0.1, 0.15) is 5.75 Å². The van der Waals surface area contributed by atoms with Gasteiger partial charge >= 0.3 is 0 Å². The van der Waals surface area contributed by atoms with Crippen molar-refractivity contribution < 1.29 is 9.90 Å². The van der Waals surface area contributed by atoms with Gasteiger partial charge in [-0.3, -0.25) is 4.79 Å². The Morgan fingerprint density at radius 3 is 2.40 bits per heavy atom. The molecule has 0 radical (unpaired) electrons. The van der Waals surface area contributed by atoms with Gasteiger partial charge in [-0.25, -0.2) is 0 Å². The summed E-state index contributed by atoms with van der Waals surface area (Å²) < 4.78 is 0. The van der Waals surface area contributed by atoms with E-state index in [4.69, 9.17) is 34.8 Å². The van der Waals surface area contributed by atoms with E-state index in [0.717, 1.165) is 5.56 Å². The zero-order valence-corrected chi connectivity index (χ0v) is 16.2. The second-order valence-electron chi connectivity index (χ2n) is 5.94. The number of aromatic hydroxyl groups is 1. The normalized spacial score (nSPS) is 12.2. The predicted molar refractivity (Wildman–Crippen MR) is 103 cm³/mol. The highest BCUT2D eigenvalue weighted by atomic mass is 35.5. The molecule has 2 aromatic rings. The molecule has 0 bridgehead atoms. The van der Waals surface area contributed by atoms with Crippen LogP contribution in [-0.2, 0) is 6.42 Å². The van der Waals surface area contributed by atoms with Gasteiger partial charge in [0.2, 0.25) is 0 Å². The highest BCUT2D eigenvalue weighted by Crippen LogP contribution is 2.24. The summed E-state index contributed by atoms with van der Waals surface area (Å²) in [6, 6.07) is 9.70. The monoisotopic (exact) mass is 400 g/mol. The molecule has 0 aliphatic carbocycles. The summed E-state index contributed by atoms with van der Waals surface area (Å²) in [4.78, 5) is 14.3. The van der Waals surface area contributed by atoms with Crippen LogP contribution in [-0.4, -0.2) is 42.6 Å². The van der Waals surface area contributed by atoms with E-state index in [1.165, 1.54) is 6.07 Å². The number of phenols is 1. The molecule has 25 heavy (non-hydrogen) atoms. The van der Waals surface area contributed by atoms with Crippen molar-refractivity contribution in [1.29, 1.82) is 0 Å². The lowest BCUT2D eigenvalue weighted by Gasteiger charge is -2.25. The number of carbonyl (C=O) groups is 1. The number of carbonyl (C=O) groups excluding carboxylic acids is 1. The van der Waals surface area contributed by atoms with Crippen molar-refractivity contribution in [2.75, 3.05) is 20.6 Å². The standard InChI is InChI=1S/C18H19Cl3N2O2/c1-23(2)13(7-11-3-5-14(24)9-16(11)20)10-22-18(25)12-4-6-15(19)17(21)8-12/h3-6,8-9,13,24H,7,10H2,1-2H3,(H,22,25). The van der Waals surface area contributed by atoms with Crippen molar-refractivity contribution in [3.63, 3.8) is 0 Å². The minimum absolute atomic E-state index is 0.0359. The largest absolute Gasteiger partial charge is 0.508 e. The van der Waals surface area contributed by atoms with E-state index in [9.17, 15) is 9.90 Å². The summed E-state index contributed by atoms with van der Waals surface area (Å²) >= 11 is 18.0. The number of nitrogens with zero attached hydrogens (tertiary/aromatic N) is 1. The highest BCUT2D eigenvalue weighted by Gasteiger charge is 2.16. The molecule has 1 amide bonds. The topological polar surface area (TPSA) is 52.6 Å². The lowest BCUT2D eigenvalue weighted by atomic mass is 10.0. The first kappa shape index (κ1) is 19.9. The molecule has 0 fully saturated rings. The maximum Gasteiger partial charge on any atom is 0.251 e. The zero-order valence-electron chi connectivity index (χ0n) is 13.9. The number of hydrogen-bond acceptors (Lipinski definition) is 3. The van der Waals surface area contributed by atoms with Gasteiger partial charge < -0.3 is 15.3 Å². The van der Waals surface area contributed by atoms with Gasteiger partial charge in [-0.2, -0.15) is 0 Å². The fraction of sp³-hybridized carbons (Fsp3) is 0.278. The quantitative estimate of drug-likeness (QED) is 0.760. The summed E-state index contributed by atoms with van der Waals surface area (Å²) in [5.41, 5.74) is 1.36. The number of amides is 1. The lowest BCUT2D eigenvalue weighted by Crippen LogP contribution is -2.41. The molecule has 0 spiro atoms. The van der Waals surface area contributed by atoms with Crippen LogP contribution in [0.1, 0.15) is 15.9 Å². The molecule has 1 atom stereocenters. The van der Waals surface area contributed by atoms with Crippen molar-refractivity contribution in [2.45, 2.75) is 12.5 Å². The number of phenolic OH excluding ortho intramolecular Hbond substituents is 1. The number of benzene rings is 2. The summed E-state index contributed by atoms with van der Waals surface area (Å²) in [6.07, 6.45) is 0.633. The molecule has 2 rings (SSSR count). The minimum Gasteiger partial charge on any atom is -0.508 e. The molecule has 0 aliphatic rings. The van der Waals surface area contributed by atoms with Crippen molar-refractivity contribution in [1.82, 2.24) is 10.2 Å². The van der Waals surface area contributed by atoms with E-state index in [0.29, 0.717) is 33.6 Å². The number of halogens is 3. The fourth-order valence-electron chi connectivity index (χ4n) is 2.34. The fourth-order valence-corrected chi connectivity index (χ4v) is 2.89. The molecule has 4 nitrogen and oxygen atoms in total. The molecule has 2 aromatic carbocycles. The van der Waals surface area contributed by atoms with Crippen LogP contribution in [0.15, 0.2) is 36.4 Å². The number of rotatable bonds is 6. The van der Waals surface area contributed by atoms with Crippen molar-refractivity contribution in [3.05, 3.63) is 62.6 Å². The van der Waals surface area contributed by atoms with Gasteiger partial charge in [0.05, 0.1) is 10.0 Å². The molecule has 0 saturated carbocycles. The average molecular weight is 402 g/mol. The third-order valence-corrected chi connectivity index (χ3v) is 4.99. The molecule has 2 N–H and O–H groups in total. The maximum absolute atomic E-state index is 12.3. The van der Waals surface area contributed by atoms with Crippen LogP contribution in [0.3, 0.4) is 0 Å². The molecule has 0 heterocycles. The SMILES string of the molecule is CN(C)C(CNC(=O)c1ccc(Cl)c(Cl)c1)Cc1ccc(O)cc1Cl. The van der Waals surface area contributed by atoms with E-state index >= 15 is 0 Å². The van der Waals surface area contributed by atoms with Crippen molar-refractivity contribution in [2.24, 2.45) is 0 Å². The molecular weight excluding hydrogens is 383 g/mol. The smallest absolute Gasteiger partial charge is 0.251 e. The van der Waals surface area contributed by atoms with Gasteiger partial charge in [0, 0.05) is 23.2 Å². The van der Waals surface area contributed by atoms with Crippen LogP contribution in [0, 0.1) is 0 Å². The number of hydrogen-bond donors (Lipinski definition) is 2. The van der Waals surface area contributed by atoms with Crippen molar-refractivity contribution in [3.8, 4) is 5.75 Å². The first-order valence-corrected chi connectivity index (χ1v) is 8.78. The van der Waals surface area contributed by atoms with Gasteiger partial charge in [0.15, 0.2) is 0 Å². The van der Waals surface area contributed by atoms with Gasteiger partial charge in [0.25, 0.3) is 5.91 Å². The van der Waals surface area contributed by atoms with Crippen LogP contribution < -0.4 is 5.32 Å². The molecular formula is C18H19Cl3N2O2. The van der Waals surface area contributed by atoms with E-state index < -0.39 is 0 Å². The van der Waals surface area contributed by atoms with E-state index in [1.807, 2.05) is 19.0 Å². The maximum atomic E-state index is 12.3. The first-order chi connectivity index (χ1) is 11.8. The molecule has 7 heteroatoms. The second-order valence-corrected chi connectivity index (χ2v) is 7.16. The van der Waals surface area contributed by atoms with Gasteiger partial charge in [-0.1, -0.05) is 40.9 Å². The summed E-state index contributed by atoms with van der Waals surface area (Å²) in [5.74, 6) is -0.0923. The molecule has 1 unspecified atom stereocenters. The summed E-state index contributed by atoms with van der Waals surface area (Å²) in [7, 11) is 3.87. The Balaban J connectivity index is 2.03. The van der Waals surface area contributed by atoms with E-state index in [-0.39, 0.29) is 17.7 Å². The Hall–Kier alpha value is -1.46. The Kier molecular flexibility index (Phi) is 6.96. The average Bonchev–Trinajstić information content (AvgIpc) is 2.55. The van der Waals surface area contributed by atoms with Crippen molar-refractivity contribution >= 4 is 40.7 Å². The van der Waals surface area contributed by atoms with Gasteiger partial charge in [-0.15, -0.1) is 0 Å². The van der Waals surface area contributed by atoms with Crippen LogP contribution in [0.25, 0.3) is 0 Å². The Labute approximate surface area is 162 Å².